The van der Waals surface area contributed by atoms with Crippen LogP contribution >= 0.6 is 0 Å². The molecule has 1 fully saturated rings. The van der Waals surface area contributed by atoms with Gasteiger partial charge in [0, 0.05) is 32.2 Å². The molecule has 2 heterocycles. The van der Waals surface area contributed by atoms with Gasteiger partial charge in [-0.3, -0.25) is 4.90 Å². The molecule has 6 heteroatoms. The fraction of sp³-hybridized carbons (Fsp3) is 0.458. The smallest absolute Gasteiger partial charge is 0.317 e. The topological polar surface area (TPSA) is 54.0 Å². The van der Waals surface area contributed by atoms with E-state index in [9.17, 15) is 4.79 Å². The molecule has 2 aromatic carbocycles. The van der Waals surface area contributed by atoms with Gasteiger partial charge in [-0.25, -0.2) is 4.79 Å². The number of nitrogens with zero attached hydrogens (tertiary/aromatic N) is 2. The molecule has 2 aliphatic heterocycles. The van der Waals surface area contributed by atoms with Crippen LogP contribution in [0.25, 0.3) is 0 Å². The fourth-order valence-electron chi connectivity index (χ4n) is 4.29. The molecular formula is C24H31N3O3. The van der Waals surface area contributed by atoms with E-state index >= 15 is 0 Å². The van der Waals surface area contributed by atoms with Crippen LogP contribution in [0.1, 0.15) is 37.3 Å². The van der Waals surface area contributed by atoms with Crippen LogP contribution in [0.15, 0.2) is 48.5 Å². The molecule has 0 spiro atoms. The van der Waals surface area contributed by atoms with Crippen molar-refractivity contribution in [3.8, 4) is 11.5 Å². The lowest BCUT2D eigenvalue weighted by Crippen LogP contribution is -2.53. The molecular weight excluding hydrogens is 378 g/mol. The summed E-state index contributed by atoms with van der Waals surface area (Å²) in [7, 11) is 0. The lowest BCUT2D eigenvalue weighted by molar-refractivity contribution is 0.107. The Bertz CT molecular complexity index is 843. The SMILES string of the molecule is CCCN(C(=O)NCc1ccc2c(c1)OCO2)[C@H]1CCCN(Cc2ccccc2)C1. The maximum Gasteiger partial charge on any atom is 0.317 e. The van der Waals surface area contributed by atoms with Gasteiger partial charge in [-0.15, -0.1) is 0 Å². The van der Waals surface area contributed by atoms with Gasteiger partial charge >= 0.3 is 6.03 Å². The Morgan fingerprint density at radius 2 is 1.97 bits per heavy atom. The molecule has 0 aromatic heterocycles. The molecule has 0 radical (unpaired) electrons. The summed E-state index contributed by atoms with van der Waals surface area (Å²) in [5.41, 5.74) is 2.34. The molecule has 0 saturated carbocycles. The highest BCUT2D eigenvalue weighted by molar-refractivity contribution is 5.74. The number of carbonyl (C=O) groups is 1. The normalized spacial score (nSPS) is 18.2. The first-order chi connectivity index (χ1) is 14.7. The molecule has 30 heavy (non-hydrogen) atoms. The van der Waals surface area contributed by atoms with E-state index in [1.807, 2.05) is 23.1 Å². The van der Waals surface area contributed by atoms with Gasteiger partial charge in [0.05, 0.1) is 0 Å². The van der Waals surface area contributed by atoms with Crippen molar-refractivity contribution in [2.75, 3.05) is 26.4 Å². The summed E-state index contributed by atoms with van der Waals surface area (Å²) in [6, 6.07) is 16.6. The third-order valence-electron chi connectivity index (χ3n) is 5.78. The van der Waals surface area contributed by atoms with Crippen LogP contribution in [0.3, 0.4) is 0 Å². The van der Waals surface area contributed by atoms with Crippen LogP contribution in [0.4, 0.5) is 4.79 Å². The van der Waals surface area contributed by atoms with Gasteiger partial charge in [0.2, 0.25) is 6.79 Å². The van der Waals surface area contributed by atoms with Crippen molar-refractivity contribution in [1.29, 1.82) is 0 Å². The number of hydrogen-bond acceptors (Lipinski definition) is 4. The van der Waals surface area contributed by atoms with E-state index < -0.39 is 0 Å². The lowest BCUT2D eigenvalue weighted by Gasteiger charge is -2.39. The molecule has 2 aromatic rings. The summed E-state index contributed by atoms with van der Waals surface area (Å²) < 4.78 is 10.8. The highest BCUT2D eigenvalue weighted by Gasteiger charge is 2.28. The average molecular weight is 410 g/mol. The van der Waals surface area contributed by atoms with E-state index in [0.29, 0.717) is 6.54 Å². The first-order valence-corrected chi connectivity index (χ1v) is 10.9. The highest BCUT2D eigenvalue weighted by atomic mass is 16.7. The summed E-state index contributed by atoms with van der Waals surface area (Å²) >= 11 is 0. The molecule has 2 amide bonds. The summed E-state index contributed by atoms with van der Waals surface area (Å²) in [5.74, 6) is 1.51. The van der Waals surface area contributed by atoms with Gasteiger partial charge in [0.25, 0.3) is 0 Å². The van der Waals surface area contributed by atoms with Gasteiger partial charge in [0.1, 0.15) is 0 Å². The van der Waals surface area contributed by atoms with Crippen LogP contribution in [0.5, 0.6) is 11.5 Å². The number of ether oxygens (including phenoxy) is 2. The van der Waals surface area contributed by atoms with E-state index in [1.54, 1.807) is 0 Å². The molecule has 0 bridgehead atoms. The summed E-state index contributed by atoms with van der Waals surface area (Å²) in [5, 5.41) is 3.11. The Hall–Kier alpha value is -2.73. The Kier molecular flexibility index (Phi) is 6.74. The van der Waals surface area contributed by atoms with E-state index in [0.717, 1.165) is 62.5 Å². The molecule has 0 aliphatic carbocycles. The maximum absolute atomic E-state index is 13.0. The number of amides is 2. The van der Waals surface area contributed by atoms with Gasteiger partial charge < -0.3 is 19.7 Å². The zero-order chi connectivity index (χ0) is 20.8. The van der Waals surface area contributed by atoms with Gasteiger partial charge in [-0.05, 0) is 49.1 Å². The summed E-state index contributed by atoms with van der Waals surface area (Å²) in [6.07, 6.45) is 3.13. The van der Waals surface area contributed by atoms with E-state index in [2.05, 4.69) is 47.5 Å². The second-order valence-electron chi connectivity index (χ2n) is 8.06. The summed E-state index contributed by atoms with van der Waals surface area (Å²) in [6.45, 7) is 6.60. The average Bonchev–Trinajstić information content (AvgIpc) is 3.25. The molecule has 1 saturated heterocycles. The number of urea groups is 1. The fourth-order valence-corrected chi connectivity index (χ4v) is 4.29. The van der Waals surface area contributed by atoms with Crippen molar-refractivity contribution in [3.05, 3.63) is 59.7 Å². The van der Waals surface area contributed by atoms with Crippen LogP contribution in [0, 0.1) is 0 Å². The third kappa shape index (κ3) is 5.05. The third-order valence-corrected chi connectivity index (χ3v) is 5.78. The van der Waals surface area contributed by atoms with Crippen LogP contribution < -0.4 is 14.8 Å². The molecule has 0 unspecified atom stereocenters. The van der Waals surface area contributed by atoms with E-state index in [-0.39, 0.29) is 18.9 Å². The lowest BCUT2D eigenvalue weighted by atomic mass is 10.0. The Morgan fingerprint density at radius 3 is 2.80 bits per heavy atom. The minimum atomic E-state index is 0.0149. The molecule has 1 atom stereocenters. The number of carbonyl (C=O) groups excluding carboxylic acids is 1. The van der Waals surface area contributed by atoms with Gasteiger partial charge in [-0.2, -0.15) is 0 Å². The largest absolute Gasteiger partial charge is 0.454 e. The highest BCUT2D eigenvalue weighted by Crippen LogP contribution is 2.32. The Labute approximate surface area is 178 Å². The molecule has 160 valence electrons. The van der Waals surface area contributed by atoms with E-state index in [4.69, 9.17) is 9.47 Å². The number of rotatable bonds is 7. The Morgan fingerprint density at radius 1 is 1.13 bits per heavy atom. The number of hydrogen-bond donors (Lipinski definition) is 1. The molecule has 6 nitrogen and oxygen atoms in total. The number of nitrogens with one attached hydrogen (secondary N) is 1. The maximum atomic E-state index is 13.0. The predicted molar refractivity (Wildman–Crippen MR) is 117 cm³/mol. The first-order valence-electron chi connectivity index (χ1n) is 10.9. The number of likely N-dealkylation sites (tertiary alicyclic amines) is 1. The van der Waals surface area contributed by atoms with Crippen molar-refractivity contribution >= 4 is 6.03 Å². The Balaban J connectivity index is 1.35. The monoisotopic (exact) mass is 409 g/mol. The first kappa shape index (κ1) is 20.5. The molecule has 4 rings (SSSR count). The predicted octanol–water partition coefficient (Wildman–Crippen LogP) is 4.00. The second-order valence-corrected chi connectivity index (χ2v) is 8.06. The molecule has 2 aliphatic rings. The van der Waals surface area contributed by atoms with Crippen molar-refractivity contribution in [2.45, 2.75) is 45.3 Å². The van der Waals surface area contributed by atoms with Gasteiger partial charge in [0.15, 0.2) is 11.5 Å². The van der Waals surface area contributed by atoms with Crippen molar-refractivity contribution in [2.24, 2.45) is 0 Å². The van der Waals surface area contributed by atoms with Crippen molar-refractivity contribution < 1.29 is 14.3 Å². The minimum Gasteiger partial charge on any atom is -0.454 e. The zero-order valence-electron chi connectivity index (χ0n) is 17.7. The van der Waals surface area contributed by atoms with Crippen LogP contribution in [-0.2, 0) is 13.1 Å². The second kappa shape index (κ2) is 9.85. The van der Waals surface area contributed by atoms with Crippen molar-refractivity contribution in [3.63, 3.8) is 0 Å². The van der Waals surface area contributed by atoms with Crippen molar-refractivity contribution in [1.82, 2.24) is 15.1 Å². The number of piperidine rings is 1. The quantitative estimate of drug-likeness (QED) is 0.751. The van der Waals surface area contributed by atoms with Gasteiger partial charge in [-0.1, -0.05) is 43.3 Å². The van der Waals surface area contributed by atoms with Crippen LogP contribution in [-0.4, -0.2) is 48.3 Å². The number of fused-ring (bicyclic) bond motifs is 1. The zero-order valence-corrected chi connectivity index (χ0v) is 17.7. The summed E-state index contributed by atoms with van der Waals surface area (Å²) in [4.78, 5) is 17.5. The van der Waals surface area contributed by atoms with E-state index in [1.165, 1.54) is 5.56 Å². The van der Waals surface area contributed by atoms with Crippen LogP contribution in [0.2, 0.25) is 0 Å². The standard InChI is InChI=1S/C24H31N3O3/c1-2-12-27(21-9-6-13-26(17-21)16-19-7-4-3-5-8-19)24(28)25-15-20-10-11-22-23(14-20)30-18-29-22/h3-5,7-8,10-11,14,21H,2,6,9,12-13,15-18H2,1H3,(H,25,28)/t21-/m0/s1. The number of benzene rings is 2. The minimum absolute atomic E-state index is 0.0149. The molecule has 1 N–H and O–H groups in total.